The van der Waals surface area contributed by atoms with Crippen LogP contribution in [-0.4, -0.2) is 42.8 Å². The molecule has 0 amide bonds. The number of hydrogen-bond acceptors (Lipinski definition) is 7. The zero-order chi connectivity index (χ0) is 19.9. The second-order valence-electron chi connectivity index (χ2n) is 6.42. The van der Waals surface area contributed by atoms with Gasteiger partial charge in [0.15, 0.2) is 11.5 Å². The SMILES string of the molecule is COc1ccc(Nc2cc(C)nc(N(C)CCc3ccncc3)n2)cc1OC. The Morgan fingerprint density at radius 3 is 2.43 bits per heavy atom. The van der Waals surface area contributed by atoms with Crippen LogP contribution in [0.15, 0.2) is 48.8 Å². The van der Waals surface area contributed by atoms with Crippen LogP contribution in [0.5, 0.6) is 11.5 Å². The van der Waals surface area contributed by atoms with Gasteiger partial charge < -0.3 is 19.7 Å². The first kappa shape index (κ1) is 19.4. The predicted octanol–water partition coefficient (Wildman–Crippen LogP) is 3.62. The molecular formula is C21H25N5O2. The van der Waals surface area contributed by atoms with Gasteiger partial charge in [-0.1, -0.05) is 0 Å². The molecule has 1 N–H and O–H groups in total. The molecule has 0 saturated carbocycles. The minimum Gasteiger partial charge on any atom is -0.493 e. The topological polar surface area (TPSA) is 72.4 Å². The van der Waals surface area contributed by atoms with Crippen molar-refractivity contribution in [1.29, 1.82) is 0 Å². The Balaban J connectivity index is 1.74. The lowest BCUT2D eigenvalue weighted by atomic mass is 10.2. The van der Waals surface area contributed by atoms with Crippen molar-refractivity contribution in [2.45, 2.75) is 13.3 Å². The van der Waals surface area contributed by atoms with E-state index < -0.39 is 0 Å². The third kappa shape index (κ3) is 4.88. The standard InChI is InChI=1S/C21H25N5O2/c1-15-13-20(24-17-5-6-18(27-3)19(14-17)28-4)25-21(23-15)26(2)12-9-16-7-10-22-11-8-16/h5-8,10-11,13-14H,9,12H2,1-4H3,(H,23,24,25). The van der Waals surface area contributed by atoms with E-state index in [-0.39, 0.29) is 0 Å². The van der Waals surface area contributed by atoms with E-state index in [4.69, 9.17) is 9.47 Å². The number of ether oxygens (including phenoxy) is 2. The van der Waals surface area contributed by atoms with Gasteiger partial charge in [-0.2, -0.15) is 4.98 Å². The van der Waals surface area contributed by atoms with E-state index in [1.165, 1.54) is 5.56 Å². The Bertz CT molecular complexity index is 918. The number of pyridine rings is 1. The molecule has 0 unspecified atom stereocenters. The molecular weight excluding hydrogens is 354 g/mol. The Kier molecular flexibility index (Phi) is 6.26. The van der Waals surface area contributed by atoms with E-state index in [2.05, 4.69) is 20.3 Å². The van der Waals surface area contributed by atoms with Crippen LogP contribution in [0.1, 0.15) is 11.3 Å². The number of nitrogens with zero attached hydrogens (tertiary/aromatic N) is 4. The molecule has 7 nitrogen and oxygen atoms in total. The number of aromatic nitrogens is 3. The van der Waals surface area contributed by atoms with Gasteiger partial charge in [-0.3, -0.25) is 4.98 Å². The van der Waals surface area contributed by atoms with E-state index in [9.17, 15) is 0 Å². The minimum atomic E-state index is 0.660. The number of rotatable bonds is 8. The summed E-state index contributed by atoms with van der Waals surface area (Å²) in [7, 11) is 5.23. The average Bonchev–Trinajstić information content (AvgIpc) is 2.72. The van der Waals surface area contributed by atoms with Crippen LogP contribution in [0.4, 0.5) is 17.5 Å². The maximum absolute atomic E-state index is 5.36. The molecule has 3 aromatic rings. The molecule has 0 aliphatic rings. The van der Waals surface area contributed by atoms with Crippen LogP contribution in [0.3, 0.4) is 0 Å². The summed E-state index contributed by atoms with van der Waals surface area (Å²) >= 11 is 0. The van der Waals surface area contributed by atoms with Gasteiger partial charge in [0.2, 0.25) is 5.95 Å². The van der Waals surface area contributed by atoms with Gasteiger partial charge in [0.05, 0.1) is 14.2 Å². The van der Waals surface area contributed by atoms with Crippen molar-refractivity contribution in [2.24, 2.45) is 0 Å². The maximum atomic E-state index is 5.36. The van der Waals surface area contributed by atoms with E-state index in [1.807, 2.05) is 67.7 Å². The summed E-state index contributed by atoms with van der Waals surface area (Å²) in [6.45, 7) is 2.77. The highest BCUT2D eigenvalue weighted by molar-refractivity contribution is 5.62. The molecule has 2 heterocycles. The van der Waals surface area contributed by atoms with Gasteiger partial charge in [-0.25, -0.2) is 4.98 Å². The largest absolute Gasteiger partial charge is 0.493 e. The molecule has 0 spiro atoms. The Hall–Kier alpha value is -3.35. The zero-order valence-electron chi connectivity index (χ0n) is 16.6. The summed E-state index contributed by atoms with van der Waals surface area (Å²) in [5.41, 5.74) is 2.99. The molecule has 2 aromatic heterocycles. The number of benzene rings is 1. The first-order valence-electron chi connectivity index (χ1n) is 9.04. The number of likely N-dealkylation sites (N-methyl/N-ethyl adjacent to an activating group) is 1. The lowest BCUT2D eigenvalue weighted by Gasteiger charge is -2.19. The van der Waals surface area contributed by atoms with Crippen LogP contribution in [0, 0.1) is 6.92 Å². The van der Waals surface area contributed by atoms with Crippen LogP contribution in [-0.2, 0) is 6.42 Å². The van der Waals surface area contributed by atoms with E-state index in [1.54, 1.807) is 14.2 Å². The molecule has 146 valence electrons. The van der Waals surface area contributed by atoms with Crippen molar-refractivity contribution in [2.75, 3.05) is 38.0 Å². The molecule has 0 saturated heterocycles. The van der Waals surface area contributed by atoms with Gasteiger partial charge in [0.1, 0.15) is 5.82 Å². The van der Waals surface area contributed by atoms with Crippen molar-refractivity contribution in [3.05, 3.63) is 60.0 Å². The number of methoxy groups -OCH3 is 2. The van der Waals surface area contributed by atoms with Crippen molar-refractivity contribution < 1.29 is 9.47 Å². The summed E-state index contributed by atoms with van der Waals surface area (Å²) in [5.74, 6) is 2.75. The molecule has 0 atom stereocenters. The maximum Gasteiger partial charge on any atom is 0.227 e. The zero-order valence-corrected chi connectivity index (χ0v) is 16.6. The van der Waals surface area contributed by atoms with E-state index >= 15 is 0 Å². The highest BCUT2D eigenvalue weighted by Gasteiger charge is 2.10. The first-order valence-corrected chi connectivity index (χ1v) is 9.04. The molecule has 0 aliphatic carbocycles. The van der Waals surface area contributed by atoms with Crippen LogP contribution in [0.25, 0.3) is 0 Å². The predicted molar refractivity (Wildman–Crippen MR) is 111 cm³/mol. The quantitative estimate of drug-likeness (QED) is 0.641. The summed E-state index contributed by atoms with van der Waals surface area (Å²) in [5, 5.41) is 3.32. The lowest BCUT2D eigenvalue weighted by molar-refractivity contribution is 0.355. The van der Waals surface area contributed by atoms with Gasteiger partial charge in [-0.15, -0.1) is 0 Å². The third-order valence-corrected chi connectivity index (χ3v) is 4.33. The number of anilines is 3. The molecule has 0 radical (unpaired) electrons. The van der Waals surface area contributed by atoms with Gasteiger partial charge in [-0.05, 0) is 43.2 Å². The molecule has 0 fully saturated rings. The molecule has 28 heavy (non-hydrogen) atoms. The monoisotopic (exact) mass is 379 g/mol. The summed E-state index contributed by atoms with van der Waals surface area (Å²) in [6, 6.07) is 11.6. The van der Waals surface area contributed by atoms with Crippen LogP contribution < -0.4 is 19.7 Å². The van der Waals surface area contributed by atoms with E-state index in [0.717, 1.165) is 30.2 Å². The molecule has 0 bridgehead atoms. The summed E-state index contributed by atoms with van der Waals surface area (Å²) in [6.07, 6.45) is 4.52. The highest BCUT2D eigenvalue weighted by Crippen LogP contribution is 2.31. The highest BCUT2D eigenvalue weighted by atomic mass is 16.5. The number of nitrogens with one attached hydrogen (secondary N) is 1. The van der Waals surface area contributed by atoms with Crippen molar-refractivity contribution in [3.63, 3.8) is 0 Å². The second-order valence-corrected chi connectivity index (χ2v) is 6.42. The average molecular weight is 379 g/mol. The molecule has 3 rings (SSSR count). The van der Waals surface area contributed by atoms with E-state index in [0.29, 0.717) is 17.4 Å². The third-order valence-electron chi connectivity index (χ3n) is 4.33. The number of aryl methyl sites for hydroxylation is 1. The number of hydrogen-bond donors (Lipinski definition) is 1. The molecule has 0 aliphatic heterocycles. The van der Waals surface area contributed by atoms with Gasteiger partial charge in [0, 0.05) is 49.5 Å². The van der Waals surface area contributed by atoms with Crippen LogP contribution >= 0.6 is 0 Å². The molecule has 1 aromatic carbocycles. The first-order chi connectivity index (χ1) is 13.6. The lowest BCUT2D eigenvalue weighted by Crippen LogP contribution is -2.23. The van der Waals surface area contributed by atoms with Crippen LogP contribution in [0.2, 0.25) is 0 Å². The smallest absolute Gasteiger partial charge is 0.227 e. The molecule has 7 heteroatoms. The Morgan fingerprint density at radius 1 is 0.964 bits per heavy atom. The van der Waals surface area contributed by atoms with Crippen molar-refractivity contribution >= 4 is 17.5 Å². The Labute approximate surface area is 165 Å². The second kappa shape index (κ2) is 9.03. The van der Waals surface area contributed by atoms with Gasteiger partial charge in [0.25, 0.3) is 0 Å². The van der Waals surface area contributed by atoms with Crippen molar-refractivity contribution in [3.8, 4) is 11.5 Å². The van der Waals surface area contributed by atoms with Crippen molar-refractivity contribution in [1.82, 2.24) is 15.0 Å². The Morgan fingerprint density at radius 2 is 1.71 bits per heavy atom. The fraction of sp³-hybridized carbons (Fsp3) is 0.286. The van der Waals surface area contributed by atoms with Gasteiger partial charge >= 0.3 is 0 Å². The minimum absolute atomic E-state index is 0.660. The normalized spacial score (nSPS) is 10.4. The fourth-order valence-corrected chi connectivity index (χ4v) is 2.80. The fourth-order valence-electron chi connectivity index (χ4n) is 2.80. The summed E-state index contributed by atoms with van der Waals surface area (Å²) in [4.78, 5) is 15.3. The summed E-state index contributed by atoms with van der Waals surface area (Å²) < 4.78 is 10.6.